The summed E-state index contributed by atoms with van der Waals surface area (Å²) in [6, 6.07) is 2.01. The van der Waals surface area contributed by atoms with Crippen molar-refractivity contribution in [1.82, 2.24) is 29.7 Å². The summed E-state index contributed by atoms with van der Waals surface area (Å²) in [5.74, 6) is 0.817. The van der Waals surface area contributed by atoms with E-state index >= 15 is 0 Å². The normalized spacial score (nSPS) is 21.4. The van der Waals surface area contributed by atoms with Crippen molar-refractivity contribution in [2.45, 2.75) is 31.7 Å². The number of nitrogens with one attached hydrogen (secondary N) is 1. The average molecular weight is 354 g/mol. The summed E-state index contributed by atoms with van der Waals surface area (Å²) < 4.78 is 3.41. The van der Waals surface area contributed by atoms with Crippen LogP contribution in [0.4, 0.5) is 5.82 Å². The van der Waals surface area contributed by atoms with Gasteiger partial charge in [-0.1, -0.05) is 5.16 Å². The Bertz CT molecular complexity index is 964. The Morgan fingerprint density at radius 2 is 2.19 bits per heavy atom. The van der Waals surface area contributed by atoms with E-state index in [1.54, 1.807) is 21.6 Å². The Kier molecular flexibility index (Phi) is 4.08. The third-order valence-electron chi connectivity index (χ3n) is 5.03. The number of aryl methyl sites for hydroxylation is 1. The number of oxime groups is 1. The quantitative estimate of drug-likeness (QED) is 0.372. The molecule has 3 aromatic rings. The number of aromatic nitrogens is 5. The second-order valence-corrected chi connectivity index (χ2v) is 6.78. The van der Waals surface area contributed by atoms with Crippen LogP contribution in [0.2, 0.25) is 0 Å². The van der Waals surface area contributed by atoms with Crippen molar-refractivity contribution in [3.63, 3.8) is 0 Å². The second kappa shape index (κ2) is 6.41. The highest BCUT2D eigenvalue weighted by Gasteiger charge is 2.26. The van der Waals surface area contributed by atoms with Gasteiger partial charge in [0.1, 0.15) is 5.82 Å². The largest absolute Gasteiger partial charge is 0.411 e. The highest BCUT2D eigenvalue weighted by atomic mass is 16.4. The molecule has 4 N–H and O–H groups in total. The van der Waals surface area contributed by atoms with Crippen LogP contribution < -0.4 is 11.1 Å². The first-order chi connectivity index (χ1) is 12.6. The van der Waals surface area contributed by atoms with Crippen LogP contribution in [0.1, 0.15) is 31.4 Å². The smallest absolute Gasteiger partial charge is 0.165 e. The van der Waals surface area contributed by atoms with Gasteiger partial charge in [0.2, 0.25) is 0 Å². The molecule has 0 radical (unpaired) electrons. The Labute approximate surface area is 150 Å². The van der Waals surface area contributed by atoms with Crippen LogP contribution in [-0.4, -0.2) is 47.9 Å². The summed E-state index contributed by atoms with van der Waals surface area (Å²) in [5.41, 5.74) is 10.5. The Balaban J connectivity index is 1.67. The Morgan fingerprint density at radius 3 is 2.85 bits per heavy atom. The average Bonchev–Trinajstić information content (AvgIpc) is 3.27. The second-order valence-electron chi connectivity index (χ2n) is 6.78. The Hall–Kier alpha value is -2.94. The maximum Gasteiger partial charge on any atom is 0.165 e. The van der Waals surface area contributed by atoms with Crippen molar-refractivity contribution in [3.8, 4) is 11.1 Å². The van der Waals surface area contributed by atoms with E-state index in [9.17, 15) is 0 Å². The van der Waals surface area contributed by atoms with Crippen molar-refractivity contribution in [2.24, 2.45) is 12.2 Å². The fourth-order valence-electron chi connectivity index (χ4n) is 3.51. The highest BCUT2D eigenvalue weighted by Crippen LogP contribution is 2.29. The molecular formula is C17H22N8O. The highest BCUT2D eigenvalue weighted by molar-refractivity contribution is 5.86. The lowest BCUT2D eigenvalue weighted by atomic mass is 9.90. The first-order valence-corrected chi connectivity index (χ1v) is 8.62. The van der Waals surface area contributed by atoms with Crippen molar-refractivity contribution in [1.29, 1.82) is 0 Å². The molecule has 1 aliphatic heterocycles. The molecule has 0 amide bonds. The van der Waals surface area contributed by atoms with Crippen LogP contribution in [-0.2, 0) is 7.05 Å². The molecule has 1 fully saturated rings. The number of fused-ring (bicyclic) bond motifs is 1. The van der Waals surface area contributed by atoms with E-state index in [1.807, 2.05) is 26.2 Å². The van der Waals surface area contributed by atoms with Crippen LogP contribution in [0.15, 0.2) is 29.8 Å². The van der Waals surface area contributed by atoms with Gasteiger partial charge in [0.05, 0.1) is 23.8 Å². The first-order valence-electron chi connectivity index (χ1n) is 8.62. The van der Waals surface area contributed by atoms with Gasteiger partial charge in [-0.05, 0) is 19.8 Å². The zero-order valence-corrected chi connectivity index (χ0v) is 14.8. The number of nitrogens with zero attached hydrogens (tertiary/aromatic N) is 6. The first kappa shape index (κ1) is 16.5. The summed E-state index contributed by atoms with van der Waals surface area (Å²) in [6.07, 6.45) is 7.35. The summed E-state index contributed by atoms with van der Waals surface area (Å²) in [7, 11) is 1.88. The molecule has 0 aliphatic carbocycles. The molecule has 2 atom stereocenters. The standard InChI is InChI=1S/C17H22N8O/c1-10(23-26)14-4-3-11(6-19-14)15-5-16(18)25-17(22-15)13(8-21-25)12-7-20-24(2)9-12/h5,7-9,11,14,19,26H,3-4,6,18H2,1-2H3/t11-,14-/m0/s1. The number of piperidine rings is 1. The molecule has 136 valence electrons. The van der Waals surface area contributed by atoms with Gasteiger partial charge in [-0.25, -0.2) is 4.98 Å². The van der Waals surface area contributed by atoms with E-state index in [0.29, 0.717) is 11.5 Å². The fourth-order valence-corrected chi connectivity index (χ4v) is 3.51. The van der Waals surface area contributed by atoms with Gasteiger partial charge in [-0.2, -0.15) is 14.7 Å². The van der Waals surface area contributed by atoms with E-state index in [-0.39, 0.29) is 12.0 Å². The van der Waals surface area contributed by atoms with Gasteiger partial charge in [0.25, 0.3) is 0 Å². The van der Waals surface area contributed by atoms with Crippen molar-refractivity contribution in [3.05, 3.63) is 30.4 Å². The third-order valence-corrected chi connectivity index (χ3v) is 5.03. The summed E-state index contributed by atoms with van der Waals surface area (Å²) in [5, 5.41) is 24.3. The lowest BCUT2D eigenvalue weighted by molar-refractivity contribution is 0.311. The molecule has 0 aromatic carbocycles. The number of rotatable bonds is 3. The van der Waals surface area contributed by atoms with Gasteiger partial charge < -0.3 is 16.3 Å². The molecule has 0 spiro atoms. The fraction of sp³-hybridized carbons (Fsp3) is 0.412. The molecule has 26 heavy (non-hydrogen) atoms. The van der Waals surface area contributed by atoms with E-state index in [4.69, 9.17) is 15.9 Å². The summed E-state index contributed by atoms with van der Waals surface area (Å²) >= 11 is 0. The number of nitrogen functional groups attached to an aromatic ring is 1. The van der Waals surface area contributed by atoms with Crippen LogP contribution >= 0.6 is 0 Å². The molecule has 0 saturated carbocycles. The van der Waals surface area contributed by atoms with Crippen LogP contribution in [0.25, 0.3) is 16.8 Å². The minimum absolute atomic E-state index is 0.109. The van der Waals surface area contributed by atoms with Gasteiger partial charge >= 0.3 is 0 Å². The molecular weight excluding hydrogens is 332 g/mol. The molecule has 1 aliphatic rings. The van der Waals surface area contributed by atoms with E-state index in [1.165, 1.54) is 0 Å². The lowest BCUT2D eigenvalue weighted by Gasteiger charge is -2.29. The molecule has 4 rings (SSSR count). The van der Waals surface area contributed by atoms with Crippen LogP contribution in [0.3, 0.4) is 0 Å². The maximum absolute atomic E-state index is 8.94. The van der Waals surface area contributed by atoms with Crippen LogP contribution in [0.5, 0.6) is 0 Å². The molecule has 9 heteroatoms. The van der Waals surface area contributed by atoms with E-state index in [0.717, 1.165) is 41.9 Å². The maximum atomic E-state index is 8.94. The topological polar surface area (TPSA) is 119 Å². The molecule has 9 nitrogen and oxygen atoms in total. The number of anilines is 1. The van der Waals surface area contributed by atoms with Crippen molar-refractivity contribution >= 4 is 17.2 Å². The third kappa shape index (κ3) is 2.80. The van der Waals surface area contributed by atoms with Crippen molar-refractivity contribution < 1.29 is 5.21 Å². The molecule has 3 aromatic heterocycles. The number of hydrogen-bond acceptors (Lipinski definition) is 7. The van der Waals surface area contributed by atoms with Gasteiger partial charge in [-0.15, -0.1) is 0 Å². The summed E-state index contributed by atoms with van der Waals surface area (Å²) in [6.45, 7) is 2.59. The Morgan fingerprint density at radius 1 is 1.35 bits per heavy atom. The summed E-state index contributed by atoms with van der Waals surface area (Å²) in [4.78, 5) is 4.86. The lowest BCUT2D eigenvalue weighted by Crippen LogP contribution is -2.42. The predicted octanol–water partition coefficient (Wildman–Crippen LogP) is 1.40. The SMILES string of the molecule is CC(=NO)[C@@H]1CC[C@H](c2cc(N)n3ncc(-c4cnn(C)c4)c3n2)CN1. The van der Waals surface area contributed by atoms with Gasteiger partial charge in [0.15, 0.2) is 5.65 Å². The number of nitrogens with two attached hydrogens (primary N) is 1. The van der Waals surface area contributed by atoms with E-state index in [2.05, 4.69) is 20.7 Å². The monoisotopic (exact) mass is 354 g/mol. The minimum Gasteiger partial charge on any atom is -0.411 e. The molecule has 4 heterocycles. The molecule has 0 unspecified atom stereocenters. The van der Waals surface area contributed by atoms with Crippen LogP contribution in [0, 0.1) is 0 Å². The van der Waals surface area contributed by atoms with Gasteiger partial charge in [-0.3, -0.25) is 4.68 Å². The predicted molar refractivity (Wildman–Crippen MR) is 98.3 cm³/mol. The van der Waals surface area contributed by atoms with Crippen molar-refractivity contribution in [2.75, 3.05) is 12.3 Å². The van der Waals surface area contributed by atoms with E-state index < -0.39 is 0 Å². The zero-order valence-electron chi connectivity index (χ0n) is 14.8. The number of hydrogen-bond donors (Lipinski definition) is 3. The van der Waals surface area contributed by atoms with Gasteiger partial charge in [0, 0.05) is 48.9 Å². The molecule has 1 saturated heterocycles. The molecule has 0 bridgehead atoms. The zero-order chi connectivity index (χ0) is 18.3. The minimum atomic E-state index is 0.109.